The molecule has 0 aliphatic heterocycles. The highest BCUT2D eigenvalue weighted by Crippen LogP contribution is 2.15. The fourth-order valence-electron chi connectivity index (χ4n) is 1.25. The number of unbranched alkanes of at least 4 members (excludes halogenated alkanes) is 1. The number of benzene rings is 1. The van der Waals surface area contributed by atoms with E-state index in [-0.39, 0.29) is 0 Å². The molecule has 0 radical (unpaired) electrons. The molecule has 0 fully saturated rings. The van der Waals surface area contributed by atoms with Gasteiger partial charge >= 0.3 is 0 Å². The highest BCUT2D eigenvalue weighted by molar-refractivity contribution is 7.41. The van der Waals surface area contributed by atoms with Gasteiger partial charge in [0.15, 0.2) is 0 Å². The zero-order chi connectivity index (χ0) is 10.2. The number of allylic oxidation sites excluding steroid dienone is 1. The van der Waals surface area contributed by atoms with E-state index in [0.717, 1.165) is 19.3 Å². The molecule has 0 spiro atoms. The number of rotatable bonds is 5. The average Bonchev–Trinajstić information content (AvgIpc) is 2.18. The Bertz CT molecular complexity index is 306. The fraction of sp³-hybridized carbons (Fsp3) is 0.273. The van der Waals surface area contributed by atoms with Crippen molar-refractivity contribution in [2.45, 2.75) is 19.3 Å². The normalized spacial score (nSPS) is 13.2. The Labute approximate surface area is 85.2 Å². The molecule has 0 heterocycles. The molecule has 14 heavy (non-hydrogen) atoms. The van der Waals surface area contributed by atoms with Crippen molar-refractivity contribution >= 4 is 8.03 Å². The van der Waals surface area contributed by atoms with E-state index in [9.17, 15) is 4.57 Å². The van der Waals surface area contributed by atoms with Crippen molar-refractivity contribution in [1.29, 1.82) is 0 Å². The van der Waals surface area contributed by atoms with Gasteiger partial charge in [-0.15, -0.1) is 0 Å². The summed E-state index contributed by atoms with van der Waals surface area (Å²) in [5.74, 6) is 1.38. The van der Waals surface area contributed by atoms with Crippen LogP contribution in [0.4, 0.5) is 0 Å². The van der Waals surface area contributed by atoms with Crippen LogP contribution in [0.1, 0.15) is 18.4 Å². The molecule has 76 valence electrons. The van der Waals surface area contributed by atoms with E-state index in [1.165, 1.54) is 11.4 Å². The van der Waals surface area contributed by atoms with Crippen molar-refractivity contribution in [3.8, 4) is 0 Å². The molecule has 1 N–H and O–H groups in total. The summed E-state index contributed by atoms with van der Waals surface area (Å²) >= 11 is 0. The quantitative estimate of drug-likeness (QED) is 0.599. The molecule has 0 saturated heterocycles. The van der Waals surface area contributed by atoms with Crippen LogP contribution in [-0.2, 0) is 11.0 Å². The summed E-state index contributed by atoms with van der Waals surface area (Å²) in [6.07, 6.45) is 4.70. The molecule has 2 nitrogen and oxygen atoms in total. The summed E-state index contributed by atoms with van der Waals surface area (Å²) < 4.78 is 10.3. The maximum atomic E-state index is 10.3. The van der Waals surface area contributed by atoms with Gasteiger partial charge in [0.2, 0.25) is 8.03 Å². The lowest BCUT2D eigenvalue weighted by Crippen LogP contribution is -1.82. The van der Waals surface area contributed by atoms with Gasteiger partial charge in [-0.05, 0) is 30.6 Å². The van der Waals surface area contributed by atoms with Gasteiger partial charge in [-0.3, -0.25) is 4.57 Å². The first-order valence-electron chi connectivity index (χ1n) is 4.72. The highest BCUT2D eigenvalue weighted by Gasteiger charge is 1.89. The van der Waals surface area contributed by atoms with Gasteiger partial charge in [0.1, 0.15) is 0 Å². The smallest absolute Gasteiger partial charge is 0.210 e. The molecular weight excluding hydrogens is 195 g/mol. The second-order valence-electron chi connectivity index (χ2n) is 3.12. The third-order valence-corrected chi connectivity index (χ3v) is 2.46. The highest BCUT2D eigenvalue weighted by atomic mass is 31.1. The SMILES string of the molecule is O=[PH](O)C=CCCCc1ccccc1. The van der Waals surface area contributed by atoms with Crippen LogP contribution in [-0.4, -0.2) is 4.89 Å². The summed E-state index contributed by atoms with van der Waals surface area (Å²) in [6, 6.07) is 10.2. The average molecular weight is 210 g/mol. The second kappa shape index (κ2) is 6.58. The van der Waals surface area contributed by atoms with Gasteiger partial charge in [0, 0.05) is 0 Å². The number of aryl methyl sites for hydroxylation is 1. The second-order valence-corrected chi connectivity index (χ2v) is 4.13. The van der Waals surface area contributed by atoms with E-state index in [1.807, 2.05) is 18.2 Å². The molecule has 0 amide bonds. The van der Waals surface area contributed by atoms with E-state index < -0.39 is 8.03 Å². The largest absolute Gasteiger partial charge is 0.344 e. The molecule has 0 bridgehead atoms. The summed E-state index contributed by atoms with van der Waals surface area (Å²) in [6.45, 7) is 0. The summed E-state index contributed by atoms with van der Waals surface area (Å²) in [5.41, 5.74) is 1.32. The summed E-state index contributed by atoms with van der Waals surface area (Å²) in [4.78, 5) is 8.53. The first-order valence-corrected chi connectivity index (χ1v) is 6.16. The van der Waals surface area contributed by atoms with Crippen molar-refractivity contribution in [3.63, 3.8) is 0 Å². The Balaban J connectivity index is 2.19. The van der Waals surface area contributed by atoms with Gasteiger partial charge in [-0.1, -0.05) is 36.4 Å². The van der Waals surface area contributed by atoms with E-state index in [0.29, 0.717) is 0 Å². The lowest BCUT2D eigenvalue weighted by molar-refractivity contribution is 0.512. The Morgan fingerprint density at radius 3 is 2.64 bits per heavy atom. The maximum absolute atomic E-state index is 10.3. The Morgan fingerprint density at radius 1 is 1.29 bits per heavy atom. The van der Waals surface area contributed by atoms with Crippen molar-refractivity contribution in [3.05, 3.63) is 47.8 Å². The zero-order valence-electron chi connectivity index (χ0n) is 8.02. The fourth-order valence-corrected chi connectivity index (χ4v) is 1.62. The van der Waals surface area contributed by atoms with Gasteiger partial charge in [-0.25, -0.2) is 0 Å². The van der Waals surface area contributed by atoms with Crippen molar-refractivity contribution in [2.24, 2.45) is 0 Å². The first kappa shape index (κ1) is 11.2. The molecule has 0 aromatic heterocycles. The van der Waals surface area contributed by atoms with E-state index >= 15 is 0 Å². The van der Waals surface area contributed by atoms with Crippen LogP contribution in [0.15, 0.2) is 42.2 Å². The minimum absolute atomic E-state index is 0.867. The van der Waals surface area contributed by atoms with E-state index in [2.05, 4.69) is 12.1 Å². The van der Waals surface area contributed by atoms with Gasteiger partial charge < -0.3 is 4.89 Å². The molecule has 0 aliphatic rings. The molecular formula is C11H15O2P. The topological polar surface area (TPSA) is 37.3 Å². The Kier molecular flexibility index (Phi) is 5.28. The summed E-state index contributed by atoms with van der Waals surface area (Å²) in [7, 11) is -2.41. The maximum Gasteiger partial charge on any atom is 0.210 e. The van der Waals surface area contributed by atoms with Crippen LogP contribution in [0, 0.1) is 0 Å². The summed E-state index contributed by atoms with van der Waals surface area (Å²) in [5, 5.41) is 0. The molecule has 1 aromatic carbocycles. The van der Waals surface area contributed by atoms with Crippen molar-refractivity contribution < 1.29 is 9.46 Å². The van der Waals surface area contributed by atoms with Crippen LogP contribution in [0.2, 0.25) is 0 Å². The molecule has 0 aliphatic carbocycles. The van der Waals surface area contributed by atoms with Gasteiger partial charge in [0.25, 0.3) is 0 Å². The number of hydrogen-bond donors (Lipinski definition) is 1. The van der Waals surface area contributed by atoms with Crippen LogP contribution in [0.5, 0.6) is 0 Å². The Hall–Kier alpha value is -0.850. The molecule has 1 rings (SSSR count). The van der Waals surface area contributed by atoms with E-state index in [1.54, 1.807) is 6.08 Å². The van der Waals surface area contributed by atoms with Crippen molar-refractivity contribution in [2.75, 3.05) is 0 Å². The predicted molar refractivity (Wildman–Crippen MR) is 59.7 cm³/mol. The number of hydrogen-bond acceptors (Lipinski definition) is 1. The lowest BCUT2D eigenvalue weighted by Gasteiger charge is -1.97. The standard InChI is InChI=1S/C11H15O2P/c12-14(13)10-6-2-5-9-11-7-3-1-4-8-11/h1,3-4,6-8,10,14H,2,5,9H2,(H,12,13). The van der Waals surface area contributed by atoms with Crippen LogP contribution in [0.25, 0.3) is 0 Å². The molecule has 3 heteroatoms. The molecule has 1 aromatic rings. The molecule has 1 unspecified atom stereocenters. The minimum atomic E-state index is -2.41. The predicted octanol–water partition coefficient (Wildman–Crippen LogP) is 2.99. The lowest BCUT2D eigenvalue weighted by atomic mass is 10.1. The van der Waals surface area contributed by atoms with E-state index in [4.69, 9.17) is 4.89 Å². The van der Waals surface area contributed by atoms with Crippen LogP contribution >= 0.6 is 8.03 Å². The Morgan fingerprint density at radius 2 is 2.00 bits per heavy atom. The third-order valence-electron chi connectivity index (χ3n) is 1.94. The first-order chi connectivity index (χ1) is 6.79. The van der Waals surface area contributed by atoms with Gasteiger partial charge in [0.05, 0.1) is 0 Å². The minimum Gasteiger partial charge on any atom is -0.344 e. The zero-order valence-corrected chi connectivity index (χ0v) is 9.02. The van der Waals surface area contributed by atoms with Gasteiger partial charge in [-0.2, -0.15) is 0 Å². The van der Waals surface area contributed by atoms with Crippen LogP contribution < -0.4 is 0 Å². The van der Waals surface area contributed by atoms with Crippen molar-refractivity contribution in [1.82, 2.24) is 0 Å². The third kappa shape index (κ3) is 5.00. The van der Waals surface area contributed by atoms with Crippen LogP contribution in [0.3, 0.4) is 0 Å². The molecule has 1 atom stereocenters. The molecule has 0 saturated carbocycles. The monoisotopic (exact) mass is 210 g/mol.